The molecule has 0 spiro atoms. The quantitative estimate of drug-likeness (QED) is 0.851. The van der Waals surface area contributed by atoms with E-state index in [-0.39, 0.29) is 30.8 Å². The molecular formula is C15H22N2O3. The first kappa shape index (κ1) is 16.0. The van der Waals surface area contributed by atoms with Gasteiger partial charge in [0, 0.05) is 18.7 Å². The first-order valence-corrected chi connectivity index (χ1v) is 6.59. The second kappa shape index (κ2) is 7.53. The number of amides is 2. The summed E-state index contributed by atoms with van der Waals surface area (Å²) in [6.45, 7) is 3.83. The number of hydrogen-bond acceptors (Lipinski definition) is 3. The number of hydrogen-bond donors (Lipinski definition) is 1. The van der Waals surface area contributed by atoms with Crippen molar-refractivity contribution in [2.45, 2.75) is 26.3 Å². The van der Waals surface area contributed by atoms with Crippen LogP contribution < -0.4 is 10.1 Å². The topological polar surface area (TPSA) is 58.6 Å². The van der Waals surface area contributed by atoms with Crippen LogP contribution in [0.3, 0.4) is 0 Å². The zero-order chi connectivity index (χ0) is 15.1. The summed E-state index contributed by atoms with van der Waals surface area (Å²) in [5.74, 6) is 0.408. The Morgan fingerprint density at radius 1 is 1.30 bits per heavy atom. The van der Waals surface area contributed by atoms with Crippen molar-refractivity contribution in [2.75, 3.05) is 20.7 Å². The molecule has 1 aromatic carbocycles. The molecule has 0 aliphatic carbocycles. The Hall–Kier alpha value is -2.04. The van der Waals surface area contributed by atoms with Crippen LogP contribution in [0, 0.1) is 0 Å². The lowest BCUT2D eigenvalue weighted by atomic mass is 10.1. The number of likely N-dealkylation sites (N-methyl/N-ethyl adjacent to an activating group) is 1. The summed E-state index contributed by atoms with van der Waals surface area (Å²) < 4.78 is 5.21. The summed E-state index contributed by atoms with van der Waals surface area (Å²) in [4.78, 5) is 25.1. The molecule has 0 radical (unpaired) electrons. The summed E-state index contributed by atoms with van der Waals surface area (Å²) in [5, 5.41) is 2.76. The summed E-state index contributed by atoms with van der Waals surface area (Å²) >= 11 is 0. The smallest absolute Gasteiger partial charge is 0.239 e. The molecule has 0 aliphatic rings. The Morgan fingerprint density at radius 2 is 1.95 bits per heavy atom. The molecule has 0 bridgehead atoms. The van der Waals surface area contributed by atoms with Gasteiger partial charge in [-0.3, -0.25) is 9.59 Å². The molecule has 1 aromatic rings. The first-order chi connectivity index (χ1) is 9.43. The van der Waals surface area contributed by atoms with E-state index < -0.39 is 0 Å². The highest BCUT2D eigenvalue weighted by Gasteiger charge is 2.15. The minimum absolute atomic E-state index is 0.0617. The molecular weight excluding hydrogens is 256 g/mol. The van der Waals surface area contributed by atoms with Gasteiger partial charge in [0.1, 0.15) is 5.75 Å². The molecule has 1 N–H and O–H groups in total. The highest BCUT2D eigenvalue weighted by molar-refractivity contribution is 5.86. The van der Waals surface area contributed by atoms with Crippen LogP contribution in [-0.4, -0.2) is 43.5 Å². The van der Waals surface area contributed by atoms with Crippen molar-refractivity contribution in [3.63, 3.8) is 0 Å². The number of ether oxygens (including phenoxy) is 1. The molecule has 0 atom stereocenters. The zero-order valence-corrected chi connectivity index (χ0v) is 12.5. The van der Waals surface area contributed by atoms with E-state index in [1.807, 2.05) is 38.1 Å². The molecule has 0 aromatic heterocycles. The highest BCUT2D eigenvalue weighted by Crippen LogP contribution is 2.18. The van der Waals surface area contributed by atoms with Gasteiger partial charge in [0.15, 0.2) is 0 Å². The van der Waals surface area contributed by atoms with Crippen molar-refractivity contribution in [1.82, 2.24) is 10.2 Å². The number of methoxy groups -OCH3 is 1. The van der Waals surface area contributed by atoms with Crippen LogP contribution in [-0.2, 0) is 16.0 Å². The molecule has 20 heavy (non-hydrogen) atoms. The summed E-state index contributed by atoms with van der Waals surface area (Å²) in [6, 6.07) is 7.44. The van der Waals surface area contributed by atoms with E-state index in [0.29, 0.717) is 5.75 Å². The Bertz CT molecular complexity index is 472. The SMILES string of the molecule is COc1ccccc1CC(=O)N(C)CC(=O)NC(C)C. The van der Waals surface area contributed by atoms with Gasteiger partial charge in [0.05, 0.1) is 20.1 Å². The second-order valence-corrected chi connectivity index (χ2v) is 4.96. The van der Waals surface area contributed by atoms with Gasteiger partial charge in [-0.25, -0.2) is 0 Å². The molecule has 0 aliphatic heterocycles. The Morgan fingerprint density at radius 3 is 2.55 bits per heavy atom. The van der Waals surface area contributed by atoms with Crippen LogP contribution in [0.4, 0.5) is 0 Å². The van der Waals surface area contributed by atoms with E-state index in [0.717, 1.165) is 5.56 Å². The number of nitrogens with one attached hydrogen (secondary N) is 1. The van der Waals surface area contributed by atoms with Gasteiger partial charge < -0.3 is 15.0 Å². The Kier molecular flexibility index (Phi) is 6.03. The third-order valence-electron chi connectivity index (χ3n) is 2.79. The molecule has 0 saturated carbocycles. The van der Waals surface area contributed by atoms with Crippen LogP contribution in [0.1, 0.15) is 19.4 Å². The van der Waals surface area contributed by atoms with E-state index in [2.05, 4.69) is 5.32 Å². The standard InChI is InChI=1S/C15H22N2O3/c1-11(2)16-14(18)10-17(3)15(19)9-12-7-5-6-8-13(12)20-4/h5-8,11H,9-10H2,1-4H3,(H,16,18). The van der Waals surface area contributed by atoms with Gasteiger partial charge >= 0.3 is 0 Å². The van der Waals surface area contributed by atoms with Gasteiger partial charge in [-0.2, -0.15) is 0 Å². The minimum atomic E-state index is -0.157. The van der Waals surface area contributed by atoms with E-state index in [9.17, 15) is 9.59 Å². The largest absolute Gasteiger partial charge is 0.496 e. The fraction of sp³-hybridized carbons (Fsp3) is 0.467. The van der Waals surface area contributed by atoms with Crippen LogP contribution >= 0.6 is 0 Å². The fourth-order valence-corrected chi connectivity index (χ4v) is 1.82. The van der Waals surface area contributed by atoms with E-state index in [1.54, 1.807) is 14.2 Å². The van der Waals surface area contributed by atoms with E-state index in [4.69, 9.17) is 4.74 Å². The predicted molar refractivity (Wildman–Crippen MR) is 77.6 cm³/mol. The number of para-hydroxylation sites is 1. The lowest BCUT2D eigenvalue weighted by molar-refractivity contribution is -0.134. The van der Waals surface area contributed by atoms with Gasteiger partial charge in [-0.05, 0) is 19.9 Å². The average Bonchev–Trinajstić information content (AvgIpc) is 2.38. The van der Waals surface area contributed by atoms with Gasteiger partial charge in [0.25, 0.3) is 0 Å². The van der Waals surface area contributed by atoms with Crippen LogP contribution in [0.5, 0.6) is 5.75 Å². The average molecular weight is 278 g/mol. The lowest BCUT2D eigenvalue weighted by Gasteiger charge is -2.18. The van der Waals surface area contributed by atoms with Crippen LogP contribution in [0.25, 0.3) is 0 Å². The molecule has 0 unspecified atom stereocenters. The summed E-state index contributed by atoms with van der Waals surface area (Å²) in [5.41, 5.74) is 0.816. The molecule has 0 fully saturated rings. The molecule has 0 saturated heterocycles. The minimum Gasteiger partial charge on any atom is -0.496 e. The number of carbonyl (C=O) groups excluding carboxylic acids is 2. The Balaban J connectivity index is 2.59. The van der Waals surface area contributed by atoms with E-state index >= 15 is 0 Å². The zero-order valence-electron chi connectivity index (χ0n) is 12.5. The monoisotopic (exact) mass is 278 g/mol. The van der Waals surface area contributed by atoms with Crippen LogP contribution in [0.2, 0.25) is 0 Å². The lowest BCUT2D eigenvalue weighted by Crippen LogP contribution is -2.41. The van der Waals surface area contributed by atoms with Crippen molar-refractivity contribution in [2.24, 2.45) is 0 Å². The molecule has 1 rings (SSSR count). The first-order valence-electron chi connectivity index (χ1n) is 6.59. The maximum Gasteiger partial charge on any atom is 0.239 e. The maximum absolute atomic E-state index is 12.1. The number of carbonyl (C=O) groups is 2. The molecule has 0 heterocycles. The van der Waals surface area contributed by atoms with Crippen molar-refractivity contribution >= 4 is 11.8 Å². The molecule has 5 heteroatoms. The van der Waals surface area contributed by atoms with Crippen molar-refractivity contribution in [3.05, 3.63) is 29.8 Å². The van der Waals surface area contributed by atoms with Crippen molar-refractivity contribution < 1.29 is 14.3 Å². The van der Waals surface area contributed by atoms with Gasteiger partial charge in [0.2, 0.25) is 11.8 Å². The molecule has 2 amide bonds. The third kappa shape index (κ3) is 4.91. The summed E-state index contributed by atoms with van der Waals surface area (Å²) in [6.07, 6.45) is 0.218. The molecule has 110 valence electrons. The fourth-order valence-electron chi connectivity index (χ4n) is 1.82. The van der Waals surface area contributed by atoms with Crippen LogP contribution in [0.15, 0.2) is 24.3 Å². The van der Waals surface area contributed by atoms with Gasteiger partial charge in [-0.15, -0.1) is 0 Å². The third-order valence-corrected chi connectivity index (χ3v) is 2.79. The molecule has 5 nitrogen and oxygen atoms in total. The number of benzene rings is 1. The number of nitrogens with zero attached hydrogens (tertiary/aromatic N) is 1. The van der Waals surface area contributed by atoms with Crippen molar-refractivity contribution in [3.8, 4) is 5.75 Å². The second-order valence-electron chi connectivity index (χ2n) is 4.96. The van der Waals surface area contributed by atoms with E-state index in [1.165, 1.54) is 4.90 Å². The van der Waals surface area contributed by atoms with Gasteiger partial charge in [-0.1, -0.05) is 18.2 Å². The normalized spacial score (nSPS) is 10.2. The Labute approximate surface area is 119 Å². The summed E-state index contributed by atoms with van der Waals surface area (Å²) in [7, 11) is 3.20. The number of rotatable bonds is 6. The maximum atomic E-state index is 12.1. The van der Waals surface area contributed by atoms with Crippen molar-refractivity contribution in [1.29, 1.82) is 0 Å². The highest BCUT2D eigenvalue weighted by atomic mass is 16.5. The predicted octanol–water partition coefficient (Wildman–Crippen LogP) is 1.22.